The number of carbonyl (C=O) groups is 1. The van der Waals surface area contributed by atoms with Crippen molar-refractivity contribution >= 4 is 44.5 Å². The van der Waals surface area contributed by atoms with Crippen molar-refractivity contribution in [3.05, 3.63) is 52.0 Å². The summed E-state index contributed by atoms with van der Waals surface area (Å²) in [6.45, 7) is 1.36. The first kappa shape index (κ1) is 26.1. The lowest BCUT2D eigenvalue weighted by Crippen LogP contribution is -2.39. The Morgan fingerprint density at radius 3 is 2.43 bits per heavy atom. The Morgan fingerprint density at radius 2 is 1.78 bits per heavy atom. The molecule has 1 aliphatic carbocycles. The third kappa shape index (κ3) is 5.11. The highest BCUT2D eigenvalue weighted by molar-refractivity contribution is 9.10. The molecule has 7 nitrogen and oxygen atoms in total. The second-order valence-electron chi connectivity index (χ2n) is 9.75. The van der Waals surface area contributed by atoms with Crippen molar-refractivity contribution in [2.24, 2.45) is 5.92 Å². The third-order valence-electron chi connectivity index (χ3n) is 7.59. The quantitative estimate of drug-likeness (QED) is 0.335. The molecule has 10 heteroatoms. The van der Waals surface area contributed by atoms with Crippen LogP contribution < -0.4 is 10.2 Å². The Kier molecular flexibility index (Phi) is 7.78. The van der Waals surface area contributed by atoms with Crippen LogP contribution in [0.1, 0.15) is 54.9 Å². The molecule has 1 N–H and O–H groups in total. The summed E-state index contributed by atoms with van der Waals surface area (Å²) in [5, 5.41) is 2.80. The largest absolute Gasteiger partial charge is 0.369 e. The monoisotopic (exact) mass is 576 g/mol. The second kappa shape index (κ2) is 11.0. The first-order valence-corrected chi connectivity index (χ1v) is 13.5. The summed E-state index contributed by atoms with van der Waals surface area (Å²) in [5.74, 6) is -1.03. The van der Waals surface area contributed by atoms with Gasteiger partial charge in [0.25, 0.3) is 5.91 Å². The number of piperidine rings is 1. The number of anilines is 2. The lowest BCUT2D eigenvalue weighted by molar-refractivity contribution is -0.141. The van der Waals surface area contributed by atoms with Crippen LogP contribution in [-0.4, -0.2) is 49.1 Å². The predicted octanol–water partition coefficient (Wildman–Crippen LogP) is 6.28. The molecule has 1 saturated heterocycles. The summed E-state index contributed by atoms with van der Waals surface area (Å²) in [6, 6.07) is 7.79. The Balaban J connectivity index is 1.48. The van der Waals surface area contributed by atoms with Gasteiger partial charge in [0.15, 0.2) is 6.29 Å². The average Bonchev–Trinajstić information content (AvgIpc) is 3.52. The van der Waals surface area contributed by atoms with Crippen molar-refractivity contribution in [2.45, 2.75) is 50.9 Å². The van der Waals surface area contributed by atoms with Crippen LogP contribution in [0.15, 0.2) is 34.8 Å². The van der Waals surface area contributed by atoms with Crippen LogP contribution in [0.5, 0.6) is 0 Å². The number of benzene rings is 2. The molecule has 0 unspecified atom stereocenters. The van der Waals surface area contributed by atoms with Gasteiger partial charge in [-0.2, -0.15) is 0 Å². The number of ether oxygens (including phenoxy) is 2. The number of carbonyl (C=O) groups excluding carboxylic acids is 1. The molecule has 37 heavy (non-hydrogen) atoms. The van der Waals surface area contributed by atoms with E-state index in [0.29, 0.717) is 34.7 Å². The molecule has 1 amide bonds. The van der Waals surface area contributed by atoms with Crippen molar-refractivity contribution in [1.29, 1.82) is 0 Å². The maximum atomic E-state index is 15.4. The molecule has 198 valence electrons. The van der Waals surface area contributed by atoms with Gasteiger partial charge in [-0.1, -0.05) is 18.9 Å². The first-order valence-electron chi connectivity index (χ1n) is 12.7. The highest BCUT2D eigenvalue weighted by Crippen LogP contribution is 2.38. The van der Waals surface area contributed by atoms with Crippen LogP contribution >= 0.6 is 15.9 Å². The van der Waals surface area contributed by atoms with Gasteiger partial charge < -0.3 is 18.9 Å². The van der Waals surface area contributed by atoms with Gasteiger partial charge in [-0.05, 0) is 59.8 Å². The van der Waals surface area contributed by atoms with E-state index in [0.717, 1.165) is 44.0 Å². The van der Waals surface area contributed by atoms with Crippen LogP contribution in [-0.2, 0) is 9.47 Å². The predicted molar refractivity (Wildman–Crippen MR) is 142 cm³/mol. The summed E-state index contributed by atoms with van der Waals surface area (Å²) in [7, 11) is 3.28. The number of methoxy groups -OCH3 is 2. The molecule has 3 aromatic rings. The molecule has 5 rings (SSSR count). The van der Waals surface area contributed by atoms with E-state index >= 15 is 4.39 Å². The Hall–Kier alpha value is -2.56. The number of hydrogen-bond donors (Lipinski definition) is 1. The van der Waals surface area contributed by atoms with Crippen molar-refractivity contribution in [3.63, 3.8) is 0 Å². The molecule has 1 aromatic heterocycles. The first-order chi connectivity index (χ1) is 17.9. The lowest BCUT2D eigenvalue weighted by atomic mass is 9.95. The molecule has 0 bridgehead atoms. The van der Waals surface area contributed by atoms with Crippen molar-refractivity contribution in [2.75, 3.05) is 37.5 Å². The van der Waals surface area contributed by atoms with E-state index in [1.807, 2.05) is 15.5 Å². The van der Waals surface area contributed by atoms with E-state index in [2.05, 4.69) is 26.2 Å². The smallest absolute Gasteiger partial charge is 0.262 e. The lowest BCUT2D eigenvalue weighted by Gasteiger charge is -2.36. The zero-order chi connectivity index (χ0) is 26.1. The number of rotatable bonds is 7. The van der Waals surface area contributed by atoms with Gasteiger partial charge >= 0.3 is 0 Å². The fourth-order valence-electron chi connectivity index (χ4n) is 5.74. The number of nitrogens with one attached hydrogen (secondary N) is 1. The van der Waals surface area contributed by atoms with Gasteiger partial charge in [0.1, 0.15) is 11.6 Å². The minimum atomic E-state index is -0.628. The van der Waals surface area contributed by atoms with Gasteiger partial charge in [-0.25, -0.2) is 13.8 Å². The zero-order valence-electron chi connectivity index (χ0n) is 21.0. The van der Waals surface area contributed by atoms with Gasteiger partial charge in [0.2, 0.25) is 5.95 Å². The highest BCUT2D eigenvalue weighted by Gasteiger charge is 2.30. The molecule has 1 saturated carbocycles. The minimum Gasteiger partial charge on any atom is -0.369 e. The molecule has 2 heterocycles. The van der Waals surface area contributed by atoms with Crippen LogP contribution in [0.4, 0.5) is 20.4 Å². The van der Waals surface area contributed by atoms with E-state index in [-0.39, 0.29) is 29.6 Å². The molecule has 0 atom stereocenters. The number of fused-ring (bicyclic) bond motifs is 1. The Morgan fingerprint density at radius 1 is 1.08 bits per heavy atom. The topological polar surface area (TPSA) is 68.6 Å². The van der Waals surface area contributed by atoms with Crippen LogP contribution in [0.2, 0.25) is 0 Å². The number of hydrogen-bond acceptors (Lipinski definition) is 5. The fourth-order valence-corrected chi connectivity index (χ4v) is 6.26. The molecule has 0 radical (unpaired) electrons. The molecule has 2 aromatic carbocycles. The van der Waals surface area contributed by atoms with Gasteiger partial charge in [-0.3, -0.25) is 10.1 Å². The number of aromatic nitrogens is 2. The van der Waals surface area contributed by atoms with Gasteiger partial charge in [0.05, 0.1) is 22.3 Å². The Labute approximate surface area is 223 Å². The van der Waals surface area contributed by atoms with E-state index < -0.39 is 11.7 Å². The van der Waals surface area contributed by atoms with Gasteiger partial charge in [-0.15, -0.1) is 0 Å². The number of imidazole rings is 1. The normalized spacial score (nSPS) is 17.3. The molecular formula is C27H31BrF2N4O3. The summed E-state index contributed by atoms with van der Waals surface area (Å²) >= 11 is 3.27. The fraction of sp³-hybridized carbons (Fsp3) is 0.481. The maximum Gasteiger partial charge on any atom is 0.262 e. The van der Waals surface area contributed by atoms with Crippen molar-refractivity contribution in [1.82, 2.24) is 9.55 Å². The van der Waals surface area contributed by atoms with Crippen molar-refractivity contribution in [3.8, 4) is 0 Å². The second-order valence-corrected chi connectivity index (χ2v) is 10.6. The summed E-state index contributed by atoms with van der Waals surface area (Å²) in [4.78, 5) is 19.7. The SMILES string of the molecule is COC(OC)C1CCN(c2cc3c(cc2F)nc(NC(=O)c2c(F)cccc2Br)n3C2CCCC2)CC1. The summed E-state index contributed by atoms with van der Waals surface area (Å²) in [5.41, 5.74) is 1.66. The van der Waals surface area contributed by atoms with E-state index in [4.69, 9.17) is 9.47 Å². The number of nitrogens with zero attached hydrogens (tertiary/aromatic N) is 3. The molecule has 0 spiro atoms. The van der Waals surface area contributed by atoms with E-state index in [9.17, 15) is 9.18 Å². The van der Waals surface area contributed by atoms with Crippen LogP contribution in [0, 0.1) is 17.6 Å². The van der Waals surface area contributed by atoms with Crippen LogP contribution in [0.3, 0.4) is 0 Å². The number of amides is 1. The van der Waals surface area contributed by atoms with E-state index in [1.54, 1.807) is 20.3 Å². The highest BCUT2D eigenvalue weighted by atomic mass is 79.9. The zero-order valence-corrected chi connectivity index (χ0v) is 22.6. The van der Waals surface area contributed by atoms with Crippen molar-refractivity contribution < 1.29 is 23.0 Å². The summed E-state index contributed by atoms with van der Waals surface area (Å²) < 4.78 is 43.0. The standard InChI is InChI=1S/C27H31BrF2N4O3/c1-36-26(37-2)16-10-12-33(13-11-16)22-15-23-21(14-20(22)30)31-27(34(23)17-6-3-4-7-17)32-25(35)24-18(28)8-5-9-19(24)29/h5,8-9,14-17,26H,3-4,6-7,10-13H2,1-2H3,(H,31,32,35). The molecule has 1 aliphatic heterocycles. The number of halogens is 3. The Bertz CT molecular complexity index is 1260. The molecule has 2 aliphatic rings. The molecule has 2 fully saturated rings. The summed E-state index contributed by atoms with van der Waals surface area (Å²) in [6.07, 6.45) is 5.39. The van der Waals surface area contributed by atoms with Gasteiger partial charge in [0, 0.05) is 49.8 Å². The average molecular weight is 577 g/mol. The van der Waals surface area contributed by atoms with Crippen LogP contribution in [0.25, 0.3) is 11.0 Å². The van der Waals surface area contributed by atoms with E-state index in [1.165, 1.54) is 18.2 Å². The molecular weight excluding hydrogens is 546 g/mol. The third-order valence-corrected chi connectivity index (χ3v) is 8.25. The minimum absolute atomic E-state index is 0.0901. The maximum absolute atomic E-state index is 15.4.